The zero-order valence-corrected chi connectivity index (χ0v) is 13.3. The van der Waals surface area contributed by atoms with E-state index in [-0.39, 0.29) is 0 Å². The number of benzene rings is 1. The van der Waals surface area contributed by atoms with Crippen LogP contribution >= 0.6 is 22.7 Å². The minimum atomic E-state index is 0.755. The van der Waals surface area contributed by atoms with Crippen LogP contribution in [0, 0.1) is 0 Å². The highest BCUT2D eigenvalue weighted by Gasteiger charge is 2.07. The van der Waals surface area contributed by atoms with Crippen molar-refractivity contribution >= 4 is 28.9 Å². The molecule has 0 aliphatic heterocycles. The number of thiophene rings is 1. The highest BCUT2D eigenvalue weighted by Crippen LogP contribution is 2.24. The second-order valence-corrected chi connectivity index (χ2v) is 6.11. The van der Waals surface area contributed by atoms with Crippen LogP contribution in [0.5, 0.6) is 0 Å². The second-order valence-electron chi connectivity index (χ2n) is 4.32. The molecule has 0 amide bonds. The van der Waals surface area contributed by atoms with Crippen LogP contribution in [0.1, 0.15) is 12.5 Å². The van der Waals surface area contributed by atoms with Crippen molar-refractivity contribution in [3.8, 4) is 10.6 Å². The van der Waals surface area contributed by atoms with E-state index in [1.54, 1.807) is 22.7 Å². The summed E-state index contributed by atoms with van der Waals surface area (Å²) in [6.07, 6.45) is 1.87. The summed E-state index contributed by atoms with van der Waals surface area (Å²) in [5, 5.41) is 8.82. The van der Waals surface area contributed by atoms with Crippen molar-refractivity contribution in [1.29, 1.82) is 0 Å². The molecule has 0 N–H and O–H groups in total. The fraction of sp³-hybridized carbons (Fsp3) is 0.125. The Morgan fingerprint density at radius 1 is 1.10 bits per heavy atom. The van der Waals surface area contributed by atoms with Crippen molar-refractivity contribution in [2.75, 3.05) is 6.54 Å². The van der Waals surface area contributed by atoms with E-state index >= 15 is 0 Å². The Labute approximate surface area is 131 Å². The molecule has 106 valence electrons. The van der Waals surface area contributed by atoms with Gasteiger partial charge in [-0.05, 0) is 23.9 Å². The van der Waals surface area contributed by atoms with Crippen LogP contribution in [0.2, 0.25) is 0 Å². The van der Waals surface area contributed by atoms with E-state index in [9.17, 15) is 0 Å². The van der Waals surface area contributed by atoms with Gasteiger partial charge in [0.15, 0.2) is 0 Å². The first-order valence-corrected chi connectivity index (χ1v) is 8.48. The van der Waals surface area contributed by atoms with Gasteiger partial charge >= 0.3 is 0 Å². The molecule has 0 aliphatic carbocycles. The number of aromatic nitrogens is 1. The van der Waals surface area contributed by atoms with Gasteiger partial charge in [0, 0.05) is 11.9 Å². The van der Waals surface area contributed by atoms with Gasteiger partial charge in [0.1, 0.15) is 0 Å². The zero-order chi connectivity index (χ0) is 14.5. The third-order valence-corrected chi connectivity index (χ3v) is 4.62. The zero-order valence-electron chi connectivity index (χ0n) is 11.6. The lowest BCUT2D eigenvalue weighted by atomic mass is 10.2. The maximum absolute atomic E-state index is 4.63. The average Bonchev–Trinajstić information content (AvgIpc) is 3.16. The number of rotatable bonds is 4. The Balaban J connectivity index is 2.05. The Morgan fingerprint density at radius 2 is 1.95 bits per heavy atom. The predicted molar refractivity (Wildman–Crippen MR) is 91.2 cm³/mol. The molecule has 0 saturated carbocycles. The fourth-order valence-electron chi connectivity index (χ4n) is 1.91. The first kappa shape index (κ1) is 14.0. The van der Waals surface area contributed by atoms with Gasteiger partial charge in [-0.3, -0.25) is 4.99 Å². The van der Waals surface area contributed by atoms with Crippen molar-refractivity contribution in [2.45, 2.75) is 6.92 Å². The standard InChI is InChI=1S/C16H15N3S2/c1-2-17-16-19(18-11-13-7-4-3-5-8-13)14(12-21-16)15-9-6-10-20-15/h3-12H,2H2,1H3. The van der Waals surface area contributed by atoms with Gasteiger partial charge in [-0.25, -0.2) is 4.68 Å². The summed E-state index contributed by atoms with van der Waals surface area (Å²) in [6, 6.07) is 14.3. The number of thiazole rings is 1. The summed E-state index contributed by atoms with van der Waals surface area (Å²) in [7, 11) is 0. The van der Waals surface area contributed by atoms with Crippen LogP contribution in [-0.2, 0) is 0 Å². The molecule has 2 aromatic heterocycles. The van der Waals surface area contributed by atoms with Crippen molar-refractivity contribution < 1.29 is 0 Å². The Hall–Kier alpha value is -1.98. The molecule has 0 atom stereocenters. The van der Waals surface area contributed by atoms with Gasteiger partial charge < -0.3 is 0 Å². The van der Waals surface area contributed by atoms with Crippen LogP contribution in [0.3, 0.4) is 0 Å². The highest BCUT2D eigenvalue weighted by molar-refractivity contribution is 7.14. The Morgan fingerprint density at radius 3 is 2.67 bits per heavy atom. The van der Waals surface area contributed by atoms with E-state index in [0.717, 1.165) is 22.6 Å². The lowest BCUT2D eigenvalue weighted by Crippen LogP contribution is -2.12. The van der Waals surface area contributed by atoms with Crippen molar-refractivity contribution in [3.63, 3.8) is 0 Å². The van der Waals surface area contributed by atoms with Crippen LogP contribution in [-0.4, -0.2) is 17.4 Å². The normalized spacial score (nSPS) is 12.3. The van der Waals surface area contributed by atoms with Gasteiger partial charge in [-0.2, -0.15) is 5.10 Å². The highest BCUT2D eigenvalue weighted by atomic mass is 32.1. The summed E-state index contributed by atoms with van der Waals surface area (Å²) < 4.78 is 1.92. The lowest BCUT2D eigenvalue weighted by Gasteiger charge is -2.00. The molecule has 0 spiro atoms. The SMILES string of the molecule is CCN=c1scc(-c2cccs2)n1N=Cc1ccccc1. The molecule has 0 saturated heterocycles. The molecule has 2 heterocycles. The number of nitrogens with zero attached hydrogens (tertiary/aromatic N) is 3. The van der Waals surface area contributed by atoms with E-state index in [1.807, 2.05) is 48.1 Å². The van der Waals surface area contributed by atoms with E-state index in [0.29, 0.717) is 0 Å². The molecule has 0 unspecified atom stereocenters. The minimum Gasteiger partial charge on any atom is -0.258 e. The van der Waals surface area contributed by atoms with Crippen molar-refractivity contribution in [1.82, 2.24) is 4.68 Å². The first-order chi connectivity index (χ1) is 10.4. The van der Waals surface area contributed by atoms with E-state index in [4.69, 9.17) is 0 Å². The molecule has 0 radical (unpaired) electrons. The quantitative estimate of drug-likeness (QED) is 0.650. The van der Waals surface area contributed by atoms with Crippen LogP contribution in [0.15, 0.2) is 63.3 Å². The number of hydrogen-bond donors (Lipinski definition) is 0. The van der Waals surface area contributed by atoms with Gasteiger partial charge in [-0.1, -0.05) is 36.4 Å². The van der Waals surface area contributed by atoms with Crippen LogP contribution < -0.4 is 4.80 Å². The van der Waals surface area contributed by atoms with Crippen molar-refractivity contribution in [2.24, 2.45) is 10.1 Å². The van der Waals surface area contributed by atoms with E-state index < -0.39 is 0 Å². The Kier molecular flexibility index (Phi) is 4.43. The molecular weight excluding hydrogens is 298 g/mol. The monoisotopic (exact) mass is 313 g/mol. The van der Waals surface area contributed by atoms with Crippen LogP contribution in [0.25, 0.3) is 10.6 Å². The molecule has 3 nitrogen and oxygen atoms in total. The molecule has 21 heavy (non-hydrogen) atoms. The van der Waals surface area contributed by atoms with Gasteiger partial charge in [0.05, 0.1) is 16.8 Å². The third kappa shape index (κ3) is 3.20. The molecule has 1 aromatic carbocycles. The molecule has 3 rings (SSSR count). The number of hydrogen-bond acceptors (Lipinski definition) is 4. The van der Waals surface area contributed by atoms with E-state index in [2.05, 4.69) is 33.0 Å². The molecule has 0 fully saturated rings. The summed E-state index contributed by atoms with van der Waals surface area (Å²) in [6.45, 7) is 2.79. The molecule has 5 heteroatoms. The second kappa shape index (κ2) is 6.65. The van der Waals surface area contributed by atoms with Gasteiger partial charge in [0.2, 0.25) is 4.80 Å². The average molecular weight is 313 g/mol. The van der Waals surface area contributed by atoms with Crippen molar-refractivity contribution in [3.05, 3.63) is 63.6 Å². The van der Waals surface area contributed by atoms with Crippen LogP contribution in [0.4, 0.5) is 0 Å². The molecular formula is C16H15N3S2. The fourth-order valence-corrected chi connectivity index (χ4v) is 3.61. The Bertz CT molecular complexity index is 781. The predicted octanol–water partition coefficient (Wildman–Crippen LogP) is 4.08. The lowest BCUT2D eigenvalue weighted by molar-refractivity contribution is 0.834. The van der Waals surface area contributed by atoms with Gasteiger partial charge in [-0.15, -0.1) is 22.7 Å². The smallest absolute Gasteiger partial charge is 0.206 e. The topological polar surface area (TPSA) is 29.6 Å². The molecule has 0 aliphatic rings. The largest absolute Gasteiger partial charge is 0.258 e. The maximum Gasteiger partial charge on any atom is 0.206 e. The molecule has 0 bridgehead atoms. The van der Waals surface area contributed by atoms with Gasteiger partial charge in [0.25, 0.3) is 0 Å². The maximum atomic E-state index is 4.63. The summed E-state index contributed by atoms with van der Waals surface area (Å²) >= 11 is 3.34. The summed E-state index contributed by atoms with van der Waals surface area (Å²) in [5.41, 5.74) is 2.17. The summed E-state index contributed by atoms with van der Waals surface area (Å²) in [4.78, 5) is 6.65. The van der Waals surface area contributed by atoms with E-state index in [1.165, 1.54) is 4.88 Å². The third-order valence-electron chi connectivity index (χ3n) is 2.87. The first-order valence-electron chi connectivity index (χ1n) is 6.73. The minimum absolute atomic E-state index is 0.755. The summed E-state index contributed by atoms with van der Waals surface area (Å²) in [5.74, 6) is 0. The molecule has 3 aromatic rings.